The van der Waals surface area contributed by atoms with Gasteiger partial charge in [-0.3, -0.25) is 9.69 Å². The topological polar surface area (TPSA) is 68.0 Å². The van der Waals surface area contributed by atoms with Crippen LogP contribution in [-0.2, 0) is 13.2 Å². The molecular formula is C20H24N6OS. The average molecular weight is 397 g/mol. The zero-order valence-corrected chi connectivity index (χ0v) is 17.3. The Labute approximate surface area is 169 Å². The van der Waals surface area contributed by atoms with Crippen LogP contribution >= 0.6 is 12.2 Å². The quantitative estimate of drug-likeness (QED) is 0.649. The zero-order chi connectivity index (χ0) is 20.3. The van der Waals surface area contributed by atoms with Crippen molar-refractivity contribution < 1.29 is 4.79 Å². The molecule has 1 amide bonds. The number of carbonyl (C=O) groups excluding carboxylic acids is 1. The summed E-state index contributed by atoms with van der Waals surface area (Å²) in [7, 11) is 3.62. The fourth-order valence-electron chi connectivity index (χ4n) is 2.98. The van der Waals surface area contributed by atoms with Gasteiger partial charge < -0.3 is 5.32 Å². The van der Waals surface area contributed by atoms with Crippen molar-refractivity contribution in [2.24, 2.45) is 0 Å². The number of carbonyl (C=O) groups is 1. The van der Waals surface area contributed by atoms with Crippen LogP contribution in [0, 0.1) is 18.6 Å². The molecule has 1 heterocycles. The fourth-order valence-corrected chi connectivity index (χ4v) is 3.20. The van der Waals surface area contributed by atoms with E-state index in [0.29, 0.717) is 23.5 Å². The summed E-state index contributed by atoms with van der Waals surface area (Å²) in [5, 5.41) is 11.1. The number of aromatic nitrogens is 4. The minimum atomic E-state index is -0.0886. The first-order valence-corrected chi connectivity index (χ1v) is 9.40. The second kappa shape index (κ2) is 8.45. The molecule has 0 saturated carbocycles. The summed E-state index contributed by atoms with van der Waals surface area (Å²) in [6, 6.07) is 13.6. The van der Waals surface area contributed by atoms with E-state index in [2.05, 4.69) is 40.6 Å². The lowest BCUT2D eigenvalue weighted by molar-refractivity contribution is 0.0963. The van der Waals surface area contributed by atoms with Crippen molar-refractivity contribution >= 4 is 18.1 Å². The van der Waals surface area contributed by atoms with Crippen LogP contribution in [0.2, 0.25) is 0 Å². The van der Waals surface area contributed by atoms with E-state index in [1.165, 1.54) is 5.56 Å². The molecule has 0 spiro atoms. The Hall–Kier alpha value is -2.84. The normalized spacial score (nSPS) is 11.0. The van der Waals surface area contributed by atoms with E-state index in [4.69, 9.17) is 12.2 Å². The molecule has 2 aromatic carbocycles. The molecule has 3 aromatic rings. The fraction of sp³-hybridized carbons (Fsp3) is 0.300. The molecule has 0 fully saturated rings. The Morgan fingerprint density at radius 2 is 1.86 bits per heavy atom. The van der Waals surface area contributed by atoms with E-state index in [0.717, 1.165) is 16.8 Å². The summed E-state index contributed by atoms with van der Waals surface area (Å²) in [4.78, 5) is 13.7. The molecule has 0 unspecified atom stereocenters. The van der Waals surface area contributed by atoms with Crippen LogP contribution in [0.15, 0.2) is 42.5 Å². The van der Waals surface area contributed by atoms with Gasteiger partial charge >= 0.3 is 0 Å². The minimum absolute atomic E-state index is 0.0886. The van der Waals surface area contributed by atoms with Crippen molar-refractivity contribution in [3.63, 3.8) is 0 Å². The molecule has 1 aromatic heterocycles. The van der Waals surface area contributed by atoms with Gasteiger partial charge in [0.25, 0.3) is 5.91 Å². The third kappa shape index (κ3) is 4.18. The third-order valence-electron chi connectivity index (χ3n) is 4.71. The second-order valence-electron chi connectivity index (χ2n) is 6.82. The maximum Gasteiger partial charge on any atom is 0.251 e. The molecule has 146 valence electrons. The van der Waals surface area contributed by atoms with Crippen LogP contribution in [0.25, 0.3) is 5.69 Å². The van der Waals surface area contributed by atoms with E-state index >= 15 is 0 Å². The van der Waals surface area contributed by atoms with Crippen LogP contribution in [-0.4, -0.2) is 44.7 Å². The predicted molar refractivity (Wildman–Crippen MR) is 111 cm³/mol. The first kappa shape index (κ1) is 19.9. The lowest BCUT2D eigenvalue weighted by atomic mass is 10.1. The number of nitrogens with one attached hydrogen (secondary N) is 1. The van der Waals surface area contributed by atoms with Gasteiger partial charge in [-0.25, -0.2) is 4.68 Å². The van der Waals surface area contributed by atoms with Gasteiger partial charge in [-0.2, -0.15) is 4.68 Å². The Balaban J connectivity index is 1.72. The molecule has 8 heteroatoms. The SMILES string of the molecule is CNC(=O)c1ccc(CN(C)Cn2nnn(-c3cccc(C)c3C)c2=S)cc1. The highest BCUT2D eigenvalue weighted by Crippen LogP contribution is 2.17. The first-order valence-electron chi connectivity index (χ1n) is 8.99. The van der Waals surface area contributed by atoms with Gasteiger partial charge in [-0.1, -0.05) is 24.3 Å². The van der Waals surface area contributed by atoms with Gasteiger partial charge in [0.15, 0.2) is 0 Å². The molecule has 28 heavy (non-hydrogen) atoms. The average Bonchev–Trinajstić information content (AvgIpc) is 3.04. The summed E-state index contributed by atoms with van der Waals surface area (Å²) in [6.45, 7) is 5.34. The molecule has 0 atom stereocenters. The predicted octanol–water partition coefficient (Wildman–Crippen LogP) is 2.86. The molecule has 0 aliphatic heterocycles. The van der Waals surface area contributed by atoms with Crippen molar-refractivity contribution in [3.05, 3.63) is 69.5 Å². The molecule has 0 saturated heterocycles. The van der Waals surface area contributed by atoms with Crippen molar-refractivity contribution in [3.8, 4) is 5.69 Å². The highest BCUT2D eigenvalue weighted by molar-refractivity contribution is 7.71. The summed E-state index contributed by atoms with van der Waals surface area (Å²) in [6.07, 6.45) is 0. The van der Waals surface area contributed by atoms with Crippen LogP contribution in [0.3, 0.4) is 0 Å². The first-order chi connectivity index (χ1) is 13.4. The number of tetrazole rings is 1. The number of benzene rings is 2. The summed E-state index contributed by atoms with van der Waals surface area (Å²) in [5.41, 5.74) is 5.02. The minimum Gasteiger partial charge on any atom is -0.355 e. The highest BCUT2D eigenvalue weighted by Gasteiger charge is 2.11. The molecule has 3 rings (SSSR count). The molecule has 0 aliphatic rings. The van der Waals surface area contributed by atoms with Crippen LogP contribution < -0.4 is 5.32 Å². The molecule has 0 bridgehead atoms. The number of amides is 1. The zero-order valence-electron chi connectivity index (χ0n) is 16.5. The summed E-state index contributed by atoms with van der Waals surface area (Å²) in [5.74, 6) is -0.0886. The monoisotopic (exact) mass is 396 g/mol. The van der Waals surface area contributed by atoms with Gasteiger partial charge in [-0.15, -0.1) is 0 Å². The highest BCUT2D eigenvalue weighted by atomic mass is 32.1. The van der Waals surface area contributed by atoms with Crippen LogP contribution in [0.4, 0.5) is 0 Å². The lowest BCUT2D eigenvalue weighted by Crippen LogP contribution is -2.23. The van der Waals surface area contributed by atoms with Crippen molar-refractivity contribution in [1.82, 2.24) is 30.0 Å². The van der Waals surface area contributed by atoms with Crippen molar-refractivity contribution in [2.75, 3.05) is 14.1 Å². The maximum absolute atomic E-state index is 11.6. The Bertz CT molecular complexity index is 1040. The van der Waals surface area contributed by atoms with E-state index in [-0.39, 0.29) is 5.91 Å². The van der Waals surface area contributed by atoms with E-state index in [1.807, 2.05) is 43.4 Å². The Kier molecular flexibility index (Phi) is 6.01. The van der Waals surface area contributed by atoms with E-state index in [9.17, 15) is 4.79 Å². The standard InChI is InChI=1S/C20H24N6OS/c1-14-6-5-7-18(15(14)2)26-20(28)25(22-23-26)13-24(4)12-16-8-10-17(11-9-16)19(27)21-3/h5-11H,12-13H2,1-4H3,(H,21,27). The number of nitrogens with zero attached hydrogens (tertiary/aromatic N) is 5. The largest absolute Gasteiger partial charge is 0.355 e. The molecule has 7 nitrogen and oxygen atoms in total. The molecule has 1 N–H and O–H groups in total. The molecule has 0 aliphatic carbocycles. The summed E-state index contributed by atoms with van der Waals surface area (Å²) >= 11 is 5.58. The van der Waals surface area contributed by atoms with Crippen LogP contribution in [0.1, 0.15) is 27.0 Å². The van der Waals surface area contributed by atoms with Gasteiger partial charge in [0.1, 0.15) is 0 Å². The lowest BCUT2D eigenvalue weighted by Gasteiger charge is -2.16. The Morgan fingerprint density at radius 3 is 2.54 bits per heavy atom. The molecule has 0 radical (unpaired) electrons. The molecular weight excluding hydrogens is 372 g/mol. The number of aryl methyl sites for hydroxylation is 1. The number of rotatable bonds is 6. The number of hydrogen-bond acceptors (Lipinski definition) is 5. The van der Waals surface area contributed by atoms with E-state index in [1.54, 1.807) is 16.4 Å². The summed E-state index contributed by atoms with van der Waals surface area (Å²) < 4.78 is 3.95. The van der Waals surface area contributed by atoms with Crippen LogP contribution in [0.5, 0.6) is 0 Å². The van der Waals surface area contributed by atoms with Gasteiger partial charge in [0.2, 0.25) is 4.77 Å². The Morgan fingerprint density at radius 1 is 1.14 bits per heavy atom. The van der Waals surface area contributed by atoms with Gasteiger partial charge in [0.05, 0.1) is 12.4 Å². The van der Waals surface area contributed by atoms with E-state index < -0.39 is 0 Å². The van der Waals surface area contributed by atoms with Crippen molar-refractivity contribution in [2.45, 2.75) is 27.1 Å². The van der Waals surface area contributed by atoms with Gasteiger partial charge in [-0.05, 0) is 78.4 Å². The van der Waals surface area contributed by atoms with Crippen molar-refractivity contribution in [1.29, 1.82) is 0 Å². The smallest absolute Gasteiger partial charge is 0.251 e. The maximum atomic E-state index is 11.6. The van der Waals surface area contributed by atoms with Gasteiger partial charge in [0, 0.05) is 19.2 Å². The third-order valence-corrected chi connectivity index (χ3v) is 5.10. The second-order valence-corrected chi connectivity index (χ2v) is 7.19. The number of hydrogen-bond donors (Lipinski definition) is 1.